The van der Waals surface area contributed by atoms with Crippen LogP contribution in [0.1, 0.15) is 19.3 Å². The number of methoxy groups -OCH3 is 5. The van der Waals surface area contributed by atoms with Crippen LogP contribution in [0.4, 0.5) is 9.59 Å². The number of hydrogen-bond donors (Lipinski definition) is 2. The third kappa shape index (κ3) is 6.70. The molecule has 0 aliphatic carbocycles. The Morgan fingerprint density at radius 1 is 0.957 bits per heavy atom. The van der Waals surface area contributed by atoms with Gasteiger partial charge in [0.2, 0.25) is 5.72 Å². The van der Waals surface area contributed by atoms with Crippen molar-refractivity contribution in [1.29, 1.82) is 0 Å². The minimum Gasteiger partial charge on any atom is -0.465 e. The van der Waals surface area contributed by atoms with Gasteiger partial charge in [0.05, 0.1) is 21.3 Å². The molecule has 10 nitrogen and oxygen atoms in total. The average molecular weight is 336 g/mol. The van der Waals surface area contributed by atoms with Gasteiger partial charge in [0.1, 0.15) is 6.23 Å². The Labute approximate surface area is 134 Å². The smallest absolute Gasteiger partial charge is 0.409 e. The van der Waals surface area contributed by atoms with Crippen molar-refractivity contribution in [2.24, 2.45) is 0 Å². The van der Waals surface area contributed by atoms with Crippen molar-refractivity contribution >= 4 is 18.2 Å². The van der Waals surface area contributed by atoms with Crippen molar-refractivity contribution < 1.29 is 38.1 Å². The van der Waals surface area contributed by atoms with Crippen LogP contribution in [0.3, 0.4) is 0 Å². The minimum absolute atomic E-state index is 0.0774. The van der Waals surface area contributed by atoms with Crippen LogP contribution in [0, 0.1) is 0 Å². The highest BCUT2D eigenvalue weighted by Crippen LogP contribution is 2.19. The van der Waals surface area contributed by atoms with Crippen molar-refractivity contribution in [1.82, 2.24) is 10.6 Å². The molecule has 23 heavy (non-hydrogen) atoms. The number of rotatable bonds is 9. The van der Waals surface area contributed by atoms with Crippen molar-refractivity contribution in [3.8, 4) is 0 Å². The summed E-state index contributed by atoms with van der Waals surface area (Å²) < 4.78 is 23.8. The van der Waals surface area contributed by atoms with Crippen LogP contribution in [0.2, 0.25) is 0 Å². The molecule has 0 aliphatic rings. The van der Waals surface area contributed by atoms with Crippen molar-refractivity contribution in [3.05, 3.63) is 0 Å². The second kappa shape index (κ2) is 10.6. The summed E-state index contributed by atoms with van der Waals surface area (Å²) in [5.41, 5.74) is -1.69. The molecule has 0 spiro atoms. The molecule has 134 valence electrons. The van der Waals surface area contributed by atoms with Crippen LogP contribution >= 0.6 is 0 Å². The van der Waals surface area contributed by atoms with Gasteiger partial charge < -0.3 is 23.7 Å². The van der Waals surface area contributed by atoms with Crippen molar-refractivity contribution in [2.45, 2.75) is 31.2 Å². The molecule has 0 aromatic carbocycles. The number of amides is 2. The minimum atomic E-state index is -1.69. The molecule has 2 unspecified atom stereocenters. The van der Waals surface area contributed by atoms with Gasteiger partial charge in [-0.1, -0.05) is 0 Å². The zero-order chi connectivity index (χ0) is 17.9. The molecule has 0 radical (unpaired) electrons. The van der Waals surface area contributed by atoms with Gasteiger partial charge in [0.15, 0.2) is 0 Å². The fourth-order valence-electron chi connectivity index (χ4n) is 1.81. The van der Waals surface area contributed by atoms with E-state index in [1.807, 2.05) is 0 Å². The Kier molecular flexibility index (Phi) is 9.67. The standard InChI is InChI=1S/C13H24N2O8/c1-19-9(14-11(17)21-3)7-6-8-13(23-5,10(16)20-2)15-12(18)22-4/h9H,6-8H2,1-5H3,(H,14,17)(H,15,18). The van der Waals surface area contributed by atoms with E-state index in [0.717, 1.165) is 7.11 Å². The highest BCUT2D eigenvalue weighted by molar-refractivity contribution is 5.84. The lowest BCUT2D eigenvalue weighted by Crippen LogP contribution is -2.56. The third-order valence-electron chi connectivity index (χ3n) is 3.10. The number of hydrogen-bond acceptors (Lipinski definition) is 8. The molecule has 0 fully saturated rings. The molecular formula is C13H24N2O8. The van der Waals surface area contributed by atoms with E-state index < -0.39 is 30.1 Å². The number of nitrogens with one attached hydrogen (secondary N) is 2. The molecule has 0 aromatic heterocycles. The predicted molar refractivity (Wildman–Crippen MR) is 77.5 cm³/mol. The van der Waals surface area contributed by atoms with Crippen LogP contribution in [-0.4, -0.2) is 65.7 Å². The summed E-state index contributed by atoms with van der Waals surface area (Å²) in [6.45, 7) is 0. The molecule has 2 amide bonds. The monoisotopic (exact) mass is 336 g/mol. The Morgan fingerprint density at radius 2 is 1.57 bits per heavy atom. The number of carbonyl (C=O) groups is 3. The maximum atomic E-state index is 11.9. The van der Waals surface area contributed by atoms with Crippen molar-refractivity contribution in [2.75, 3.05) is 35.5 Å². The highest BCUT2D eigenvalue weighted by Gasteiger charge is 2.41. The van der Waals surface area contributed by atoms with Gasteiger partial charge >= 0.3 is 18.2 Å². The van der Waals surface area contributed by atoms with E-state index >= 15 is 0 Å². The molecule has 0 aliphatic heterocycles. The summed E-state index contributed by atoms with van der Waals surface area (Å²) >= 11 is 0. The van der Waals surface area contributed by atoms with Gasteiger partial charge in [-0.05, 0) is 12.8 Å². The number of esters is 1. The number of carbonyl (C=O) groups excluding carboxylic acids is 3. The summed E-state index contributed by atoms with van der Waals surface area (Å²) in [5, 5.41) is 4.78. The molecule has 2 atom stereocenters. The van der Waals surface area contributed by atoms with Gasteiger partial charge in [-0.3, -0.25) is 10.6 Å². The summed E-state index contributed by atoms with van der Waals surface area (Å²) in [5.74, 6) is -0.778. The molecule has 10 heteroatoms. The topological polar surface area (TPSA) is 121 Å². The maximum Gasteiger partial charge on any atom is 0.409 e. The maximum absolute atomic E-state index is 11.9. The third-order valence-corrected chi connectivity index (χ3v) is 3.10. The Bertz CT molecular complexity index is 403. The Hall–Kier alpha value is -2.07. The molecule has 0 bridgehead atoms. The second-order valence-electron chi connectivity index (χ2n) is 4.39. The van der Waals surface area contributed by atoms with Crippen LogP contribution in [0.15, 0.2) is 0 Å². The molecule has 0 saturated carbocycles. The quantitative estimate of drug-likeness (QED) is 0.351. The largest absolute Gasteiger partial charge is 0.465 e. The van der Waals surface area contributed by atoms with E-state index in [4.69, 9.17) is 9.47 Å². The molecule has 0 aromatic rings. The van der Waals surface area contributed by atoms with E-state index in [9.17, 15) is 14.4 Å². The van der Waals surface area contributed by atoms with Crippen LogP contribution < -0.4 is 10.6 Å². The summed E-state index contributed by atoms with van der Waals surface area (Å²) in [6, 6.07) is 0. The highest BCUT2D eigenvalue weighted by atomic mass is 16.6. The lowest BCUT2D eigenvalue weighted by molar-refractivity contribution is -0.171. The van der Waals surface area contributed by atoms with Gasteiger partial charge in [-0.15, -0.1) is 0 Å². The van der Waals surface area contributed by atoms with Crippen LogP contribution in [0.25, 0.3) is 0 Å². The Morgan fingerprint density at radius 3 is 2.00 bits per heavy atom. The van der Waals surface area contributed by atoms with Gasteiger partial charge in [0, 0.05) is 20.6 Å². The zero-order valence-corrected chi connectivity index (χ0v) is 14.0. The lowest BCUT2D eigenvalue weighted by Gasteiger charge is -2.30. The molecule has 0 heterocycles. The average Bonchev–Trinajstić information content (AvgIpc) is 2.58. The Balaban J connectivity index is 4.79. The van der Waals surface area contributed by atoms with Crippen LogP contribution in [0.5, 0.6) is 0 Å². The molecule has 2 N–H and O–H groups in total. The van der Waals surface area contributed by atoms with E-state index in [0.29, 0.717) is 12.8 Å². The fourth-order valence-corrected chi connectivity index (χ4v) is 1.81. The van der Waals surface area contributed by atoms with Gasteiger partial charge in [-0.2, -0.15) is 0 Å². The zero-order valence-electron chi connectivity index (χ0n) is 14.0. The molecule has 0 saturated heterocycles. The SMILES string of the molecule is COC(=O)NC(CCCC(NC(=O)OC)(OC)C(=O)OC)OC. The van der Waals surface area contributed by atoms with E-state index in [1.165, 1.54) is 28.4 Å². The number of ether oxygens (including phenoxy) is 5. The van der Waals surface area contributed by atoms with Gasteiger partial charge in [-0.25, -0.2) is 14.4 Å². The summed E-state index contributed by atoms with van der Waals surface area (Å²) in [4.78, 5) is 34.5. The van der Waals surface area contributed by atoms with Crippen molar-refractivity contribution in [3.63, 3.8) is 0 Å². The first kappa shape index (κ1) is 20.9. The molecule has 0 rings (SSSR count). The van der Waals surface area contributed by atoms with Crippen LogP contribution in [-0.2, 0) is 28.5 Å². The summed E-state index contributed by atoms with van der Waals surface area (Å²) in [7, 11) is 6.24. The molecular weight excluding hydrogens is 312 g/mol. The first-order valence-corrected chi connectivity index (χ1v) is 6.76. The first-order chi connectivity index (χ1) is 10.9. The van der Waals surface area contributed by atoms with E-state index in [1.54, 1.807) is 0 Å². The van der Waals surface area contributed by atoms with Gasteiger partial charge in [0.25, 0.3) is 0 Å². The number of alkyl carbamates (subject to hydrolysis) is 2. The predicted octanol–water partition coefficient (Wildman–Crippen LogP) is 0.357. The second-order valence-corrected chi connectivity index (χ2v) is 4.39. The summed E-state index contributed by atoms with van der Waals surface area (Å²) in [6.07, 6.45) is -1.32. The van der Waals surface area contributed by atoms with E-state index in [-0.39, 0.29) is 6.42 Å². The normalized spacial score (nSPS) is 14.1. The van der Waals surface area contributed by atoms with E-state index in [2.05, 4.69) is 24.8 Å². The first-order valence-electron chi connectivity index (χ1n) is 6.76. The fraction of sp³-hybridized carbons (Fsp3) is 0.769. The lowest BCUT2D eigenvalue weighted by atomic mass is 10.0.